The van der Waals surface area contributed by atoms with E-state index in [0.29, 0.717) is 5.75 Å². The van der Waals surface area contributed by atoms with Crippen LogP contribution in [0.15, 0.2) is 48.5 Å². The zero-order chi connectivity index (χ0) is 15.1. The van der Waals surface area contributed by atoms with Crippen LogP contribution in [0.3, 0.4) is 0 Å². The third-order valence-corrected chi connectivity index (χ3v) is 3.19. The van der Waals surface area contributed by atoms with E-state index in [1.54, 1.807) is 0 Å². The molecule has 4 heteroatoms. The van der Waals surface area contributed by atoms with Crippen molar-refractivity contribution in [1.29, 1.82) is 0 Å². The summed E-state index contributed by atoms with van der Waals surface area (Å²) in [7, 11) is 0. The largest absolute Gasteiger partial charge is 0.484 e. The number of amides is 1. The minimum absolute atomic E-state index is 0.0958. The van der Waals surface area contributed by atoms with Gasteiger partial charge in [0.1, 0.15) is 5.75 Å². The summed E-state index contributed by atoms with van der Waals surface area (Å²) in [4.78, 5) is 10.6. The van der Waals surface area contributed by atoms with E-state index in [1.165, 1.54) is 5.56 Å². The van der Waals surface area contributed by atoms with Gasteiger partial charge >= 0.3 is 0 Å². The molecule has 0 aliphatic carbocycles. The molecule has 0 fully saturated rings. The fourth-order valence-electron chi connectivity index (χ4n) is 2.06. The zero-order valence-corrected chi connectivity index (χ0v) is 12.1. The number of benzene rings is 2. The minimum Gasteiger partial charge on any atom is -0.484 e. The number of primary amides is 1. The fraction of sp³-hybridized carbons (Fsp3) is 0.235. The van der Waals surface area contributed by atoms with Crippen molar-refractivity contribution < 1.29 is 9.53 Å². The molecule has 4 nitrogen and oxygen atoms in total. The second-order valence-corrected chi connectivity index (χ2v) is 4.76. The number of hydrogen-bond acceptors (Lipinski definition) is 3. The summed E-state index contributed by atoms with van der Waals surface area (Å²) in [5.74, 6) is 0.170. The summed E-state index contributed by atoms with van der Waals surface area (Å²) in [5.41, 5.74) is 8.65. The Kier molecular flexibility index (Phi) is 5.21. The van der Waals surface area contributed by atoms with E-state index in [-0.39, 0.29) is 6.61 Å². The van der Waals surface area contributed by atoms with Crippen LogP contribution in [0.25, 0.3) is 0 Å². The van der Waals surface area contributed by atoms with Crippen LogP contribution in [0.1, 0.15) is 18.1 Å². The highest BCUT2D eigenvalue weighted by molar-refractivity contribution is 5.75. The molecule has 1 amide bonds. The lowest BCUT2D eigenvalue weighted by Gasteiger charge is -2.11. The van der Waals surface area contributed by atoms with E-state index < -0.39 is 5.91 Å². The van der Waals surface area contributed by atoms with Gasteiger partial charge in [0, 0.05) is 12.2 Å². The topological polar surface area (TPSA) is 64.3 Å². The molecule has 0 heterocycles. The lowest BCUT2D eigenvalue weighted by molar-refractivity contribution is -0.119. The van der Waals surface area contributed by atoms with Gasteiger partial charge in [-0.05, 0) is 35.7 Å². The first kappa shape index (κ1) is 14.9. The molecular formula is C17H20N2O2. The first-order chi connectivity index (χ1) is 10.2. The molecule has 0 spiro atoms. The van der Waals surface area contributed by atoms with Gasteiger partial charge in [0.05, 0.1) is 0 Å². The van der Waals surface area contributed by atoms with Crippen molar-refractivity contribution in [3.8, 4) is 5.75 Å². The highest BCUT2D eigenvalue weighted by atomic mass is 16.5. The van der Waals surface area contributed by atoms with Crippen molar-refractivity contribution in [3.63, 3.8) is 0 Å². The van der Waals surface area contributed by atoms with Crippen LogP contribution in [-0.4, -0.2) is 12.5 Å². The minimum atomic E-state index is -0.475. The van der Waals surface area contributed by atoms with Crippen LogP contribution < -0.4 is 15.8 Å². The van der Waals surface area contributed by atoms with Gasteiger partial charge < -0.3 is 15.8 Å². The van der Waals surface area contributed by atoms with Gasteiger partial charge in [0.15, 0.2) is 6.61 Å². The second-order valence-electron chi connectivity index (χ2n) is 4.76. The zero-order valence-electron chi connectivity index (χ0n) is 12.1. The maximum absolute atomic E-state index is 10.6. The molecule has 21 heavy (non-hydrogen) atoms. The number of anilines is 1. The summed E-state index contributed by atoms with van der Waals surface area (Å²) >= 11 is 0. The molecule has 2 rings (SSSR count). The number of nitrogens with one attached hydrogen (secondary N) is 1. The molecule has 0 aliphatic rings. The molecule has 0 aliphatic heterocycles. The third-order valence-electron chi connectivity index (χ3n) is 3.19. The van der Waals surface area contributed by atoms with Crippen LogP contribution in [0.2, 0.25) is 0 Å². The maximum atomic E-state index is 10.6. The van der Waals surface area contributed by atoms with Crippen molar-refractivity contribution in [1.82, 2.24) is 0 Å². The molecule has 0 radical (unpaired) electrons. The first-order valence-electron chi connectivity index (χ1n) is 7.01. The number of aryl methyl sites for hydroxylation is 1. The van der Waals surface area contributed by atoms with Crippen molar-refractivity contribution in [2.75, 3.05) is 11.9 Å². The van der Waals surface area contributed by atoms with Gasteiger partial charge in [-0.15, -0.1) is 0 Å². The standard InChI is InChI=1S/C17H20N2O2/c1-2-14-5-3-4-6-16(14)19-11-13-7-9-15(10-8-13)21-12-17(18)20/h3-10,19H,2,11-12H2,1H3,(H2,18,20). The molecule has 0 saturated heterocycles. The van der Waals surface area contributed by atoms with Crippen molar-refractivity contribution >= 4 is 11.6 Å². The Labute approximate surface area is 124 Å². The predicted octanol–water partition coefficient (Wildman–Crippen LogP) is 2.73. The van der Waals surface area contributed by atoms with Crippen LogP contribution in [-0.2, 0) is 17.8 Å². The van der Waals surface area contributed by atoms with Crippen LogP contribution in [0.5, 0.6) is 5.75 Å². The highest BCUT2D eigenvalue weighted by Crippen LogP contribution is 2.17. The molecule has 3 N–H and O–H groups in total. The number of nitrogens with two attached hydrogens (primary N) is 1. The average Bonchev–Trinajstić information content (AvgIpc) is 2.52. The fourth-order valence-corrected chi connectivity index (χ4v) is 2.06. The van der Waals surface area contributed by atoms with E-state index in [1.807, 2.05) is 30.3 Å². The molecular weight excluding hydrogens is 264 g/mol. The highest BCUT2D eigenvalue weighted by Gasteiger charge is 2.01. The molecule has 2 aromatic carbocycles. The van der Waals surface area contributed by atoms with Gasteiger partial charge in [-0.2, -0.15) is 0 Å². The van der Waals surface area contributed by atoms with Crippen LogP contribution in [0.4, 0.5) is 5.69 Å². The number of hydrogen-bond donors (Lipinski definition) is 2. The van der Waals surface area contributed by atoms with Gasteiger partial charge in [-0.1, -0.05) is 37.3 Å². The first-order valence-corrected chi connectivity index (χ1v) is 7.01. The Morgan fingerprint density at radius 3 is 2.52 bits per heavy atom. The summed E-state index contributed by atoms with van der Waals surface area (Å²) in [5, 5.41) is 3.44. The second kappa shape index (κ2) is 7.33. The monoisotopic (exact) mass is 284 g/mol. The van der Waals surface area contributed by atoms with Crippen LogP contribution >= 0.6 is 0 Å². The SMILES string of the molecule is CCc1ccccc1NCc1ccc(OCC(N)=O)cc1. The summed E-state index contributed by atoms with van der Waals surface area (Å²) < 4.78 is 5.23. The molecule has 0 aromatic heterocycles. The lowest BCUT2D eigenvalue weighted by atomic mass is 10.1. The van der Waals surface area contributed by atoms with Crippen molar-refractivity contribution in [3.05, 3.63) is 59.7 Å². The molecule has 110 valence electrons. The van der Waals surface area contributed by atoms with Gasteiger partial charge in [-0.25, -0.2) is 0 Å². The molecule has 0 atom stereocenters. The number of rotatable bonds is 7. The van der Waals surface area contributed by atoms with Gasteiger partial charge in [0.2, 0.25) is 0 Å². The molecule has 2 aromatic rings. The molecule has 0 unspecified atom stereocenters. The Bertz CT molecular complexity index is 594. The normalized spacial score (nSPS) is 10.1. The summed E-state index contributed by atoms with van der Waals surface area (Å²) in [6.07, 6.45) is 1.00. The number of carbonyl (C=O) groups is 1. The van der Waals surface area contributed by atoms with Crippen molar-refractivity contribution in [2.45, 2.75) is 19.9 Å². The lowest BCUT2D eigenvalue weighted by Crippen LogP contribution is -2.19. The van der Waals surface area contributed by atoms with Gasteiger partial charge in [-0.3, -0.25) is 4.79 Å². The molecule has 0 saturated carbocycles. The summed E-state index contributed by atoms with van der Waals surface area (Å²) in [6.45, 7) is 2.79. The Morgan fingerprint density at radius 1 is 1.14 bits per heavy atom. The van der Waals surface area contributed by atoms with E-state index >= 15 is 0 Å². The Morgan fingerprint density at radius 2 is 1.86 bits per heavy atom. The van der Waals surface area contributed by atoms with E-state index in [2.05, 4.69) is 30.4 Å². The Balaban J connectivity index is 1.93. The van der Waals surface area contributed by atoms with Gasteiger partial charge in [0.25, 0.3) is 5.91 Å². The van der Waals surface area contributed by atoms with E-state index in [4.69, 9.17) is 10.5 Å². The predicted molar refractivity (Wildman–Crippen MR) is 84.3 cm³/mol. The quantitative estimate of drug-likeness (QED) is 0.821. The third kappa shape index (κ3) is 4.53. The maximum Gasteiger partial charge on any atom is 0.255 e. The van der Waals surface area contributed by atoms with Crippen molar-refractivity contribution in [2.24, 2.45) is 5.73 Å². The number of carbonyl (C=O) groups excluding carboxylic acids is 1. The smallest absolute Gasteiger partial charge is 0.255 e. The summed E-state index contributed by atoms with van der Waals surface area (Å²) in [6, 6.07) is 15.9. The van der Waals surface area contributed by atoms with E-state index in [9.17, 15) is 4.79 Å². The van der Waals surface area contributed by atoms with Crippen LogP contribution in [0, 0.1) is 0 Å². The van der Waals surface area contributed by atoms with E-state index in [0.717, 1.165) is 24.2 Å². The molecule has 0 bridgehead atoms. The average molecular weight is 284 g/mol. The Hall–Kier alpha value is -2.49. The number of para-hydroxylation sites is 1. The number of ether oxygens (including phenoxy) is 1.